The molecule has 2 saturated heterocycles. The lowest BCUT2D eigenvalue weighted by molar-refractivity contribution is -0.123. The number of hydrogen-bond donors (Lipinski definition) is 2. The summed E-state index contributed by atoms with van der Waals surface area (Å²) >= 11 is 0. The maximum Gasteiger partial charge on any atom is 0.222 e. The minimum atomic E-state index is 0.0889. The lowest BCUT2D eigenvalue weighted by Gasteiger charge is -2.12. The largest absolute Gasteiger partial charge is 0.378 e. The Kier molecular flexibility index (Phi) is 5.22. The number of amides is 1. The second-order valence-corrected chi connectivity index (χ2v) is 4.72. The van der Waals surface area contributed by atoms with Gasteiger partial charge in [0.15, 0.2) is 0 Å². The summed E-state index contributed by atoms with van der Waals surface area (Å²) in [6, 6.07) is 0.306. The van der Waals surface area contributed by atoms with Gasteiger partial charge in [0.05, 0.1) is 19.3 Å². The highest BCUT2D eigenvalue weighted by Crippen LogP contribution is 2.11. The fourth-order valence-electron chi connectivity index (χ4n) is 2.23. The zero-order valence-electron chi connectivity index (χ0n) is 10.2. The Bertz CT molecular complexity index is 236. The van der Waals surface area contributed by atoms with E-state index in [1.165, 1.54) is 0 Å². The SMILES string of the molecule is O=C(CCOCC1CCCO1)NC1CCNC1. The van der Waals surface area contributed by atoms with E-state index in [1.54, 1.807) is 0 Å². The molecule has 2 N–H and O–H groups in total. The van der Waals surface area contributed by atoms with E-state index in [0.717, 1.165) is 39.0 Å². The minimum absolute atomic E-state index is 0.0889. The monoisotopic (exact) mass is 242 g/mol. The lowest BCUT2D eigenvalue weighted by atomic mass is 10.2. The molecule has 0 spiro atoms. The van der Waals surface area contributed by atoms with Gasteiger partial charge >= 0.3 is 0 Å². The normalized spacial score (nSPS) is 28.5. The van der Waals surface area contributed by atoms with Gasteiger partial charge in [0.1, 0.15) is 0 Å². The van der Waals surface area contributed by atoms with Crippen molar-refractivity contribution in [1.29, 1.82) is 0 Å². The summed E-state index contributed by atoms with van der Waals surface area (Å²) < 4.78 is 10.9. The molecule has 2 unspecified atom stereocenters. The van der Waals surface area contributed by atoms with Crippen LogP contribution in [0.3, 0.4) is 0 Å². The molecule has 2 atom stereocenters. The van der Waals surface area contributed by atoms with Crippen molar-refractivity contribution in [2.45, 2.75) is 37.8 Å². The van der Waals surface area contributed by atoms with Gasteiger partial charge in [0, 0.05) is 25.6 Å². The van der Waals surface area contributed by atoms with E-state index >= 15 is 0 Å². The number of ether oxygens (including phenoxy) is 2. The second kappa shape index (κ2) is 6.93. The Morgan fingerprint density at radius 2 is 2.41 bits per heavy atom. The van der Waals surface area contributed by atoms with E-state index in [9.17, 15) is 4.79 Å². The van der Waals surface area contributed by atoms with Gasteiger partial charge in [-0.05, 0) is 25.8 Å². The molecule has 1 amide bonds. The van der Waals surface area contributed by atoms with Gasteiger partial charge in [-0.2, -0.15) is 0 Å². The van der Waals surface area contributed by atoms with Crippen molar-refractivity contribution < 1.29 is 14.3 Å². The van der Waals surface area contributed by atoms with Gasteiger partial charge in [0.25, 0.3) is 0 Å². The Morgan fingerprint density at radius 3 is 3.12 bits per heavy atom. The van der Waals surface area contributed by atoms with E-state index in [-0.39, 0.29) is 12.0 Å². The van der Waals surface area contributed by atoms with Crippen LogP contribution in [-0.2, 0) is 14.3 Å². The van der Waals surface area contributed by atoms with Crippen LogP contribution in [0.25, 0.3) is 0 Å². The number of nitrogens with one attached hydrogen (secondary N) is 2. The van der Waals surface area contributed by atoms with Crippen molar-refractivity contribution in [2.75, 3.05) is 32.9 Å². The third kappa shape index (κ3) is 4.61. The molecular formula is C12H22N2O3. The van der Waals surface area contributed by atoms with E-state index in [2.05, 4.69) is 10.6 Å². The summed E-state index contributed by atoms with van der Waals surface area (Å²) in [5.41, 5.74) is 0. The van der Waals surface area contributed by atoms with Crippen molar-refractivity contribution >= 4 is 5.91 Å². The fourth-order valence-corrected chi connectivity index (χ4v) is 2.23. The van der Waals surface area contributed by atoms with Gasteiger partial charge < -0.3 is 20.1 Å². The van der Waals surface area contributed by atoms with Crippen molar-refractivity contribution in [1.82, 2.24) is 10.6 Å². The van der Waals surface area contributed by atoms with Crippen LogP contribution in [0.15, 0.2) is 0 Å². The van der Waals surface area contributed by atoms with Crippen molar-refractivity contribution in [3.63, 3.8) is 0 Å². The average Bonchev–Trinajstić information content (AvgIpc) is 2.96. The summed E-state index contributed by atoms with van der Waals surface area (Å²) in [6.45, 7) is 3.86. The van der Waals surface area contributed by atoms with E-state index in [4.69, 9.17) is 9.47 Å². The third-order valence-electron chi connectivity index (χ3n) is 3.23. The molecule has 0 radical (unpaired) electrons. The molecular weight excluding hydrogens is 220 g/mol. The molecule has 0 bridgehead atoms. The van der Waals surface area contributed by atoms with Crippen molar-refractivity contribution in [3.05, 3.63) is 0 Å². The van der Waals surface area contributed by atoms with Crippen LogP contribution in [0, 0.1) is 0 Å². The molecule has 2 aliphatic rings. The van der Waals surface area contributed by atoms with Crippen LogP contribution >= 0.6 is 0 Å². The molecule has 2 aliphatic heterocycles. The van der Waals surface area contributed by atoms with Gasteiger partial charge in [-0.15, -0.1) is 0 Å². The predicted molar refractivity (Wildman–Crippen MR) is 63.8 cm³/mol. The zero-order chi connectivity index (χ0) is 11.9. The van der Waals surface area contributed by atoms with Crippen molar-refractivity contribution in [3.8, 4) is 0 Å². The van der Waals surface area contributed by atoms with Crippen molar-refractivity contribution in [2.24, 2.45) is 0 Å². The maximum absolute atomic E-state index is 11.5. The first kappa shape index (κ1) is 12.8. The van der Waals surface area contributed by atoms with Crippen LogP contribution in [0.2, 0.25) is 0 Å². The first-order valence-electron chi connectivity index (χ1n) is 6.54. The summed E-state index contributed by atoms with van der Waals surface area (Å²) in [5, 5.41) is 6.21. The quantitative estimate of drug-likeness (QED) is 0.646. The van der Waals surface area contributed by atoms with E-state index in [1.807, 2.05) is 0 Å². The highest BCUT2D eigenvalue weighted by atomic mass is 16.5. The minimum Gasteiger partial charge on any atom is -0.378 e. The van der Waals surface area contributed by atoms with Gasteiger partial charge in [-0.3, -0.25) is 4.79 Å². The molecule has 0 aromatic carbocycles. The maximum atomic E-state index is 11.5. The Balaban J connectivity index is 1.47. The average molecular weight is 242 g/mol. The van der Waals surface area contributed by atoms with E-state index in [0.29, 0.717) is 25.7 Å². The molecule has 98 valence electrons. The number of hydrogen-bond acceptors (Lipinski definition) is 4. The molecule has 2 heterocycles. The third-order valence-corrected chi connectivity index (χ3v) is 3.23. The van der Waals surface area contributed by atoms with Crippen LogP contribution in [-0.4, -0.2) is 51.0 Å². The highest BCUT2D eigenvalue weighted by molar-refractivity contribution is 5.76. The lowest BCUT2D eigenvalue weighted by Crippen LogP contribution is -2.36. The summed E-state index contributed by atoms with van der Waals surface area (Å²) in [7, 11) is 0. The first-order valence-corrected chi connectivity index (χ1v) is 6.54. The van der Waals surface area contributed by atoms with Gasteiger partial charge in [-0.25, -0.2) is 0 Å². The van der Waals surface area contributed by atoms with Gasteiger partial charge in [0.2, 0.25) is 5.91 Å². The Hall–Kier alpha value is -0.650. The standard InChI is InChI=1S/C12H22N2O3/c15-12(14-10-3-5-13-8-10)4-7-16-9-11-2-1-6-17-11/h10-11,13H,1-9H2,(H,14,15). The van der Waals surface area contributed by atoms with Crippen LogP contribution in [0.5, 0.6) is 0 Å². The second-order valence-electron chi connectivity index (χ2n) is 4.72. The number of carbonyl (C=O) groups excluding carboxylic acids is 1. The number of carbonyl (C=O) groups is 1. The molecule has 0 aromatic rings. The molecule has 0 aromatic heterocycles. The van der Waals surface area contributed by atoms with Gasteiger partial charge in [-0.1, -0.05) is 0 Å². The topological polar surface area (TPSA) is 59.6 Å². The van der Waals surface area contributed by atoms with E-state index < -0.39 is 0 Å². The molecule has 0 aliphatic carbocycles. The smallest absolute Gasteiger partial charge is 0.222 e. The van der Waals surface area contributed by atoms with Crippen LogP contribution in [0.4, 0.5) is 0 Å². The molecule has 5 nitrogen and oxygen atoms in total. The predicted octanol–water partition coefficient (Wildman–Crippen LogP) is 0.0502. The number of rotatable bonds is 6. The molecule has 2 rings (SSSR count). The first-order chi connectivity index (χ1) is 8.34. The summed E-state index contributed by atoms with van der Waals surface area (Å²) in [4.78, 5) is 11.5. The zero-order valence-corrected chi connectivity index (χ0v) is 10.2. The summed E-state index contributed by atoms with van der Waals surface area (Å²) in [5.74, 6) is 0.0889. The van der Waals surface area contributed by atoms with Crippen LogP contribution < -0.4 is 10.6 Å². The molecule has 0 saturated carbocycles. The fraction of sp³-hybridized carbons (Fsp3) is 0.917. The summed E-state index contributed by atoms with van der Waals surface area (Å²) in [6.07, 6.45) is 3.94. The van der Waals surface area contributed by atoms with Crippen LogP contribution in [0.1, 0.15) is 25.7 Å². The molecule has 17 heavy (non-hydrogen) atoms. The molecule has 2 fully saturated rings. The Morgan fingerprint density at radius 1 is 1.47 bits per heavy atom. The molecule has 5 heteroatoms. The Labute approximate surface area is 102 Å². The highest BCUT2D eigenvalue weighted by Gasteiger charge is 2.17.